The van der Waals surface area contributed by atoms with Crippen molar-refractivity contribution >= 4 is 71.9 Å². The lowest BCUT2D eigenvalue weighted by molar-refractivity contribution is 0.603. The van der Waals surface area contributed by atoms with Crippen LogP contribution in [0.4, 0.5) is 11.4 Å². The first-order valence-corrected chi connectivity index (χ1v) is 8.67. The van der Waals surface area contributed by atoms with Gasteiger partial charge in [-0.25, -0.2) is 8.42 Å². The molecule has 0 saturated carbocycles. The Labute approximate surface area is 132 Å². The summed E-state index contributed by atoms with van der Waals surface area (Å²) >= 11 is 15.8. The Morgan fingerprint density at radius 1 is 1.26 bits per heavy atom. The maximum Gasteiger partial charge on any atom is 0.271 e. The van der Waals surface area contributed by atoms with Crippen molar-refractivity contribution in [2.24, 2.45) is 0 Å². The van der Waals surface area contributed by atoms with E-state index < -0.39 is 10.0 Å². The van der Waals surface area contributed by atoms with Gasteiger partial charge in [0.1, 0.15) is 4.21 Å². The van der Waals surface area contributed by atoms with Gasteiger partial charge in [-0.3, -0.25) is 4.72 Å². The monoisotopic (exact) mass is 400 g/mol. The van der Waals surface area contributed by atoms with E-state index in [2.05, 4.69) is 20.7 Å². The molecule has 0 aliphatic rings. The molecule has 1 aromatic carbocycles. The molecule has 19 heavy (non-hydrogen) atoms. The molecule has 0 spiro atoms. The fourth-order valence-electron chi connectivity index (χ4n) is 1.28. The van der Waals surface area contributed by atoms with E-state index >= 15 is 0 Å². The van der Waals surface area contributed by atoms with Gasteiger partial charge in [-0.05, 0) is 40.2 Å². The number of sulfonamides is 1. The zero-order valence-corrected chi connectivity index (χ0v) is 13.9. The van der Waals surface area contributed by atoms with E-state index in [4.69, 9.17) is 28.9 Å². The second-order valence-electron chi connectivity index (χ2n) is 3.52. The molecule has 0 unspecified atom stereocenters. The molecule has 0 fully saturated rings. The van der Waals surface area contributed by atoms with E-state index in [1.807, 2.05) is 0 Å². The van der Waals surface area contributed by atoms with E-state index in [1.54, 1.807) is 6.07 Å². The summed E-state index contributed by atoms with van der Waals surface area (Å²) in [4.78, 5) is 0. The van der Waals surface area contributed by atoms with Crippen LogP contribution in [0.5, 0.6) is 0 Å². The minimum absolute atomic E-state index is 0.0960. The van der Waals surface area contributed by atoms with Crippen LogP contribution in [0.15, 0.2) is 32.3 Å². The molecule has 4 nitrogen and oxygen atoms in total. The summed E-state index contributed by atoms with van der Waals surface area (Å²) in [7, 11) is -3.72. The van der Waals surface area contributed by atoms with E-state index in [9.17, 15) is 8.42 Å². The van der Waals surface area contributed by atoms with Crippen LogP contribution in [-0.4, -0.2) is 8.42 Å². The summed E-state index contributed by atoms with van der Waals surface area (Å²) in [6, 6.07) is 5.88. The van der Waals surface area contributed by atoms with Gasteiger partial charge in [-0.15, -0.1) is 11.3 Å². The van der Waals surface area contributed by atoms with Gasteiger partial charge in [0, 0.05) is 5.02 Å². The predicted molar refractivity (Wildman–Crippen MR) is 83.7 cm³/mol. The van der Waals surface area contributed by atoms with Gasteiger partial charge in [-0.2, -0.15) is 0 Å². The van der Waals surface area contributed by atoms with Gasteiger partial charge in [0.15, 0.2) is 0 Å². The van der Waals surface area contributed by atoms with E-state index in [0.717, 1.165) is 11.3 Å². The average molecular weight is 402 g/mol. The van der Waals surface area contributed by atoms with E-state index in [-0.39, 0.29) is 15.6 Å². The number of hydrogen-bond donors (Lipinski definition) is 2. The molecule has 0 amide bonds. The molecule has 0 radical (unpaired) electrons. The minimum atomic E-state index is -3.72. The third-order valence-electron chi connectivity index (χ3n) is 2.15. The fourth-order valence-corrected chi connectivity index (χ4v) is 4.95. The lowest BCUT2D eigenvalue weighted by atomic mass is 10.3. The Hall–Kier alpha value is -0.470. The molecule has 1 aromatic heterocycles. The van der Waals surface area contributed by atoms with Crippen LogP contribution in [0.2, 0.25) is 10.0 Å². The van der Waals surface area contributed by atoms with Crippen molar-refractivity contribution in [2.75, 3.05) is 10.5 Å². The first-order chi connectivity index (χ1) is 8.79. The maximum absolute atomic E-state index is 12.1. The van der Waals surface area contributed by atoms with Crippen molar-refractivity contribution in [3.05, 3.63) is 38.1 Å². The highest BCUT2D eigenvalue weighted by molar-refractivity contribution is 9.11. The van der Waals surface area contributed by atoms with Gasteiger partial charge >= 0.3 is 0 Å². The van der Waals surface area contributed by atoms with E-state index in [0.29, 0.717) is 13.8 Å². The number of nitrogen functional groups attached to an aromatic ring is 1. The van der Waals surface area contributed by atoms with Crippen LogP contribution in [0.1, 0.15) is 0 Å². The van der Waals surface area contributed by atoms with Gasteiger partial charge < -0.3 is 5.73 Å². The molecule has 0 aliphatic carbocycles. The first kappa shape index (κ1) is 14.9. The number of halogens is 3. The second-order valence-corrected chi connectivity index (χ2v) is 8.65. The summed E-state index contributed by atoms with van der Waals surface area (Å²) in [6.45, 7) is 0. The molecule has 102 valence electrons. The van der Waals surface area contributed by atoms with Crippen LogP contribution in [0.3, 0.4) is 0 Å². The highest BCUT2D eigenvalue weighted by atomic mass is 79.9. The van der Waals surface area contributed by atoms with Gasteiger partial charge in [0.2, 0.25) is 0 Å². The molecular formula is C10H7BrCl2N2O2S2. The molecule has 2 rings (SSSR count). The normalized spacial score (nSPS) is 11.5. The van der Waals surface area contributed by atoms with Crippen LogP contribution in [-0.2, 0) is 10.0 Å². The molecule has 0 aliphatic heterocycles. The molecule has 3 N–H and O–H groups in total. The standard InChI is InChI=1S/C10H7BrCl2N2O2S2/c11-10-6(13)4-9(18-10)19(16,17)15-8-2-1-5(12)3-7(8)14/h1-4,15H,14H2. The Bertz CT molecular complexity index is 712. The number of hydrogen-bond acceptors (Lipinski definition) is 4. The highest BCUT2D eigenvalue weighted by Gasteiger charge is 2.20. The largest absolute Gasteiger partial charge is 0.397 e. The number of benzene rings is 1. The highest BCUT2D eigenvalue weighted by Crippen LogP contribution is 2.36. The Kier molecular flexibility index (Phi) is 4.32. The third-order valence-corrected chi connectivity index (χ3v) is 6.69. The summed E-state index contributed by atoms with van der Waals surface area (Å²) in [5, 5.41) is 0.775. The number of rotatable bonds is 3. The van der Waals surface area contributed by atoms with Crippen molar-refractivity contribution < 1.29 is 8.42 Å². The van der Waals surface area contributed by atoms with Crippen molar-refractivity contribution in [3.8, 4) is 0 Å². The minimum Gasteiger partial charge on any atom is -0.397 e. The topological polar surface area (TPSA) is 72.2 Å². The second kappa shape index (κ2) is 5.49. The molecule has 1 heterocycles. The molecule has 0 bridgehead atoms. The summed E-state index contributed by atoms with van der Waals surface area (Å²) in [5.41, 5.74) is 6.21. The SMILES string of the molecule is Nc1cc(Cl)ccc1NS(=O)(=O)c1cc(Cl)c(Br)s1. The number of nitrogens with two attached hydrogens (primary N) is 1. The summed E-state index contributed by atoms with van der Waals surface area (Å²) in [5.74, 6) is 0. The zero-order valence-electron chi connectivity index (χ0n) is 9.15. The summed E-state index contributed by atoms with van der Waals surface area (Å²) < 4.78 is 27.3. The van der Waals surface area contributed by atoms with Crippen molar-refractivity contribution in [1.29, 1.82) is 0 Å². The van der Waals surface area contributed by atoms with Gasteiger partial charge in [0.25, 0.3) is 10.0 Å². The van der Waals surface area contributed by atoms with E-state index in [1.165, 1.54) is 18.2 Å². The van der Waals surface area contributed by atoms with Crippen LogP contribution in [0.25, 0.3) is 0 Å². The molecule has 2 aromatic rings. The smallest absolute Gasteiger partial charge is 0.271 e. The maximum atomic E-state index is 12.1. The Morgan fingerprint density at radius 2 is 1.95 bits per heavy atom. The molecule has 0 saturated heterocycles. The number of nitrogens with one attached hydrogen (secondary N) is 1. The number of thiophene rings is 1. The molecule has 0 atom stereocenters. The lowest BCUT2D eigenvalue weighted by Gasteiger charge is -2.08. The number of anilines is 2. The predicted octanol–water partition coefficient (Wildman–Crippen LogP) is 4.20. The lowest BCUT2D eigenvalue weighted by Crippen LogP contribution is -2.12. The summed E-state index contributed by atoms with van der Waals surface area (Å²) in [6.07, 6.45) is 0. The van der Waals surface area contributed by atoms with Gasteiger partial charge in [0.05, 0.1) is 20.2 Å². The van der Waals surface area contributed by atoms with Crippen molar-refractivity contribution in [2.45, 2.75) is 4.21 Å². The molecular weight excluding hydrogens is 395 g/mol. The van der Waals surface area contributed by atoms with Crippen LogP contribution in [0, 0.1) is 0 Å². The van der Waals surface area contributed by atoms with Crippen LogP contribution < -0.4 is 10.5 Å². The quantitative estimate of drug-likeness (QED) is 0.757. The van der Waals surface area contributed by atoms with Crippen molar-refractivity contribution in [3.63, 3.8) is 0 Å². The van der Waals surface area contributed by atoms with Crippen LogP contribution >= 0.6 is 50.5 Å². The Balaban J connectivity index is 2.36. The average Bonchev–Trinajstić information content (AvgIpc) is 2.64. The zero-order chi connectivity index (χ0) is 14.2. The molecule has 9 heteroatoms. The fraction of sp³-hybridized carbons (Fsp3) is 0. The van der Waals surface area contributed by atoms with Gasteiger partial charge in [-0.1, -0.05) is 23.2 Å². The third kappa shape index (κ3) is 3.35. The van der Waals surface area contributed by atoms with Crippen molar-refractivity contribution in [1.82, 2.24) is 0 Å². The Morgan fingerprint density at radius 3 is 2.47 bits per heavy atom. The first-order valence-electron chi connectivity index (χ1n) is 4.82.